The van der Waals surface area contributed by atoms with Crippen molar-refractivity contribution in [1.29, 1.82) is 5.26 Å². The fraction of sp³-hybridized carbons (Fsp3) is 0.308. The van der Waals surface area contributed by atoms with E-state index < -0.39 is 10.8 Å². The number of rotatable bonds is 7. The van der Waals surface area contributed by atoms with Gasteiger partial charge in [-0.1, -0.05) is 0 Å². The Morgan fingerprint density at radius 2 is 1.86 bits per heavy atom. The molecule has 0 spiro atoms. The Hall–Kier alpha value is -2.95. The summed E-state index contributed by atoms with van der Waals surface area (Å²) < 4.78 is 0. The van der Waals surface area contributed by atoms with Crippen LogP contribution in [0.15, 0.2) is 24.3 Å². The number of hydrogen-bond acceptors (Lipinski definition) is 5. The molecule has 1 aromatic carbocycles. The summed E-state index contributed by atoms with van der Waals surface area (Å²) in [5.41, 5.74) is 0.189. The first-order chi connectivity index (χ1) is 10.0. The van der Waals surface area contributed by atoms with Crippen LogP contribution in [0.3, 0.4) is 0 Å². The van der Waals surface area contributed by atoms with E-state index in [1.807, 2.05) is 6.07 Å². The van der Waals surface area contributed by atoms with Crippen molar-refractivity contribution in [1.82, 2.24) is 10.6 Å². The highest BCUT2D eigenvalue weighted by atomic mass is 16.6. The van der Waals surface area contributed by atoms with Crippen molar-refractivity contribution in [2.24, 2.45) is 0 Å². The lowest BCUT2D eigenvalue weighted by Crippen LogP contribution is -2.31. The minimum absolute atomic E-state index is 0.0941. The van der Waals surface area contributed by atoms with Crippen molar-refractivity contribution in [3.05, 3.63) is 39.9 Å². The number of nitrogens with one attached hydrogen (secondary N) is 2. The molecule has 0 saturated carbocycles. The maximum Gasteiger partial charge on any atom is 0.269 e. The predicted octanol–water partition coefficient (Wildman–Crippen LogP) is 0.745. The second-order valence-corrected chi connectivity index (χ2v) is 4.07. The zero-order valence-electron chi connectivity index (χ0n) is 11.2. The monoisotopic (exact) mass is 290 g/mol. The van der Waals surface area contributed by atoms with E-state index in [-0.39, 0.29) is 43.1 Å². The van der Waals surface area contributed by atoms with Gasteiger partial charge in [0.25, 0.3) is 11.6 Å². The summed E-state index contributed by atoms with van der Waals surface area (Å²) in [5, 5.41) is 23.8. The highest BCUT2D eigenvalue weighted by Gasteiger charge is 2.09. The molecule has 0 unspecified atom stereocenters. The third-order valence-electron chi connectivity index (χ3n) is 2.54. The lowest BCUT2D eigenvalue weighted by atomic mass is 10.2. The molecule has 110 valence electrons. The number of hydrogen-bond donors (Lipinski definition) is 2. The number of benzene rings is 1. The topological polar surface area (TPSA) is 125 Å². The van der Waals surface area contributed by atoms with Gasteiger partial charge in [0.05, 0.1) is 17.4 Å². The van der Waals surface area contributed by atoms with Gasteiger partial charge in [-0.2, -0.15) is 5.26 Å². The van der Waals surface area contributed by atoms with Gasteiger partial charge in [0.1, 0.15) is 0 Å². The molecule has 0 atom stereocenters. The Morgan fingerprint density at radius 1 is 1.19 bits per heavy atom. The van der Waals surface area contributed by atoms with E-state index >= 15 is 0 Å². The average molecular weight is 290 g/mol. The highest BCUT2D eigenvalue weighted by molar-refractivity contribution is 5.94. The second-order valence-electron chi connectivity index (χ2n) is 4.07. The standard InChI is InChI=1S/C13H14N4O4/c14-7-1-8-15-12(18)6-9-16-13(19)10-2-4-11(5-3-10)17(20)21/h2-5H,1,6,8-9H2,(H,15,18)(H,16,19). The van der Waals surface area contributed by atoms with Crippen molar-refractivity contribution in [2.75, 3.05) is 13.1 Å². The van der Waals surface area contributed by atoms with Gasteiger partial charge in [-0.25, -0.2) is 0 Å². The van der Waals surface area contributed by atoms with E-state index in [9.17, 15) is 19.7 Å². The molecule has 0 bridgehead atoms. The molecule has 0 aromatic heterocycles. The number of carbonyl (C=O) groups excluding carboxylic acids is 2. The molecular formula is C13H14N4O4. The van der Waals surface area contributed by atoms with Gasteiger partial charge in [0, 0.05) is 37.2 Å². The fourth-order valence-electron chi connectivity index (χ4n) is 1.47. The van der Waals surface area contributed by atoms with Crippen LogP contribution in [0.25, 0.3) is 0 Å². The number of carbonyl (C=O) groups is 2. The second kappa shape index (κ2) is 8.27. The lowest BCUT2D eigenvalue weighted by molar-refractivity contribution is -0.384. The SMILES string of the molecule is N#CCCNC(=O)CCNC(=O)c1ccc([N+](=O)[O-])cc1. The normalized spacial score (nSPS) is 9.48. The zero-order chi connectivity index (χ0) is 15.7. The number of amides is 2. The molecule has 0 radical (unpaired) electrons. The molecule has 8 nitrogen and oxygen atoms in total. The van der Waals surface area contributed by atoms with Crippen LogP contribution in [-0.4, -0.2) is 29.8 Å². The van der Waals surface area contributed by atoms with Crippen molar-refractivity contribution in [2.45, 2.75) is 12.8 Å². The maximum absolute atomic E-state index is 11.7. The number of nitriles is 1. The van der Waals surface area contributed by atoms with E-state index in [1.54, 1.807) is 0 Å². The van der Waals surface area contributed by atoms with Crippen LogP contribution < -0.4 is 10.6 Å². The molecule has 0 saturated heterocycles. The van der Waals surface area contributed by atoms with Crippen molar-refractivity contribution < 1.29 is 14.5 Å². The summed E-state index contributed by atoms with van der Waals surface area (Å²) in [6.45, 7) is 0.430. The Bertz CT molecular complexity index is 563. The first-order valence-corrected chi connectivity index (χ1v) is 6.21. The van der Waals surface area contributed by atoms with Gasteiger partial charge in [-0.3, -0.25) is 19.7 Å². The van der Waals surface area contributed by atoms with E-state index in [0.717, 1.165) is 0 Å². The van der Waals surface area contributed by atoms with E-state index in [1.165, 1.54) is 24.3 Å². The van der Waals surface area contributed by atoms with Crippen LogP contribution >= 0.6 is 0 Å². The number of nitro benzene ring substituents is 1. The molecule has 0 aliphatic heterocycles. The van der Waals surface area contributed by atoms with Gasteiger partial charge in [-0.05, 0) is 12.1 Å². The van der Waals surface area contributed by atoms with Crippen molar-refractivity contribution in [3.63, 3.8) is 0 Å². The Balaban J connectivity index is 2.35. The summed E-state index contributed by atoms with van der Waals surface area (Å²) >= 11 is 0. The van der Waals surface area contributed by atoms with Crippen molar-refractivity contribution in [3.8, 4) is 6.07 Å². The van der Waals surface area contributed by atoms with Crippen LogP contribution in [0.4, 0.5) is 5.69 Å². The largest absolute Gasteiger partial charge is 0.355 e. The first-order valence-electron chi connectivity index (χ1n) is 6.21. The van der Waals surface area contributed by atoms with Crippen LogP contribution in [-0.2, 0) is 4.79 Å². The van der Waals surface area contributed by atoms with Gasteiger partial charge in [-0.15, -0.1) is 0 Å². The van der Waals surface area contributed by atoms with Crippen LogP contribution in [0.1, 0.15) is 23.2 Å². The molecule has 0 fully saturated rings. The minimum atomic E-state index is -0.548. The summed E-state index contributed by atoms with van der Waals surface area (Å²) in [7, 11) is 0. The summed E-state index contributed by atoms with van der Waals surface area (Å²) in [6, 6.07) is 7.07. The first kappa shape index (κ1) is 16.1. The number of non-ortho nitro benzene ring substituents is 1. The summed E-state index contributed by atoms with van der Waals surface area (Å²) in [6.07, 6.45) is 0.338. The fourth-order valence-corrected chi connectivity index (χ4v) is 1.47. The minimum Gasteiger partial charge on any atom is -0.355 e. The molecule has 0 aliphatic carbocycles. The van der Waals surface area contributed by atoms with Gasteiger partial charge < -0.3 is 10.6 Å². The van der Waals surface area contributed by atoms with Crippen LogP contribution in [0, 0.1) is 21.4 Å². The van der Waals surface area contributed by atoms with Crippen LogP contribution in [0.2, 0.25) is 0 Å². The molecule has 8 heteroatoms. The van der Waals surface area contributed by atoms with Gasteiger partial charge >= 0.3 is 0 Å². The molecule has 1 aromatic rings. The third-order valence-corrected chi connectivity index (χ3v) is 2.54. The van der Waals surface area contributed by atoms with E-state index in [2.05, 4.69) is 10.6 Å². The van der Waals surface area contributed by atoms with E-state index in [4.69, 9.17) is 5.26 Å². The molecule has 21 heavy (non-hydrogen) atoms. The third kappa shape index (κ3) is 5.69. The number of nitro groups is 1. The quantitative estimate of drug-likeness (QED) is 0.435. The Labute approximate surface area is 120 Å². The van der Waals surface area contributed by atoms with Gasteiger partial charge in [0.15, 0.2) is 0 Å². The Morgan fingerprint density at radius 3 is 2.43 bits per heavy atom. The zero-order valence-corrected chi connectivity index (χ0v) is 11.2. The summed E-state index contributed by atoms with van der Waals surface area (Å²) in [5.74, 6) is -0.663. The molecular weight excluding hydrogens is 276 g/mol. The predicted molar refractivity (Wildman–Crippen MR) is 73.3 cm³/mol. The smallest absolute Gasteiger partial charge is 0.269 e. The lowest BCUT2D eigenvalue weighted by Gasteiger charge is -2.05. The number of nitrogens with zero attached hydrogens (tertiary/aromatic N) is 2. The molecule has 0 aliphatic rings. The maximum atomic E-state index is 11.7. The molecule has 2 N–H and O–H groups in total. The average Bonchev–Trinajstić information content (AvgIpc) is 2.47. The molecule has 2 amide bonds. The van der Waals surface area contributed by atoms with E-state index in [0.29, 0.717) is 0 Å². The van der Waals surface area contributed by atoms with Crippen LogP contribution in [0.5, 0.6) is 0 Å². The Kier molecular flexibility index (Phi) is 6.34. The highest BCUT2D eigenvalue weighted by Crippen LogP contribution is 2.11. The molecule has 1 rings (SSSR count). The van der Waals surface area contributed by atoms with Crippen molar-refractivity contribution >= 4 is 17.5 Å². The van der Waals surface area contributed by atoms with Gasteiger partial charge in [0.2, 0.25) is 5.91 Å². The molecule has 0 heterocycles. The summed E-state index contributed by atoms with van der Waals surface area (Å²) in [4.78, 5) is 32.9.